The Morgan fingerprint density at radius 2 is 1.96 bits per heavy atom. The zero-order valence-corrected chi connectivity index (χ0v) is 16.0. The molecule has 148 valence electrons. The van der Waals surface area contributed by atoms with Crippen LogP contribution in [0.2, 0.25) is 0 Å². The van der Waals surface area contributed by atoms with Crippen molar-refractivity contribution in [3.63, 3.8) is 0 Å². The molecule has 0 saturated carbocycles. The first-order valence-electron chi connectivity index (χ1n) is 9.65. The third-order valence-corrected chi connectivity index (χ3v) is 5.69. The van der Waals surface area contributed by atoms with Gasteiger partial charge in [0.25, 0.3) is 0 Å². The Hall–Kier alpha value is -2.51. The van der Waals surface area contributed by atoms with E-state index in [1.165, 1.54) is 13.3 Å². The summed E-state index contributed by atoms with van der Waals surface area (Å²) in [6, 6.07) is 10.1. The number of aromatic nitrogens is 2. The molecule has 4 rings (SSSR count). The van der Waals surface area contributed by atoms with Crippen LogP contribution < -0.4 is 4.90 Å². The van der Waals surface area contributed by atoms with Gasteiger partial charge in [-0.25, -0.2) is 14.8 Å². The van der Waals surface area contributed by atoms with Crippen LogP contribution in [-0.2, 0) is 9.47 Å². The Labute approximate surface area is 164 Å². The molecule has 2 aliphatic rings. The summed E-state index contributed by atoms with van der Waals surface area (Å²) >= 11 is 0. The number of aliphatic hydroxyl groups is 1. The molecule has 7 heteroatoms. The molecule has 1 spiro atoms. The van der Waals surface area contributed by atoms with Gasteiger partial charge in [0.2, 0.25) is 0 Å². The first-order chi connectivity index (χ1) is 13.6. The molecule has 3 heterocycles. The van der Waals surface area contributed by atoms with Crippen molar-refractivity contribution in [2.45, 2.75) is 43.5 Å². The van der Waals surface area contributed by atoms with E-state index in [1.807, 2.05) is 18.2 Å². The van der Waals surface area contributed by atoms with Gasteiger partial charge >= 0.3 is 5.97 Å². The van der Waals surface area contributed by atoms with Crippen molar-refractivity contribution in [1.29, 1.82) is 0 Å². The minimum Gasteiger partial charge on any atom is -0.464 e. The van der Waals surface area contributed by atoms with Crippen molar-refractivity contribution >= 4 is 11.8 Å². The molecule has 2 saturated heterocycles. The maximum Gasteiger partial charge on any atom is 0.358 e. The maximum absolute atomic E-state index is 11.5. The number of hydrogen-bond donors (Lipinski definition) is 1. The van der Waals surface area contributed by atoms with E-state index in [1.54, 1.807) is 6.20 Å². The van der Waals surface area contributed by atoms with E-state index in [0.717, 1.165) is 37.3 Å². The van der Waals surface area contributed by atoms with Crippen LogP contribution in [0.5, 0.6) is 0 Å². The van der Waals surface area contributed by atoms with Crippen molar-refractivity contribution < 1.29 is 19.4 Å². The zero-order valence-electron chi connectivity index (χ0n) is 16.0. The Bertz CT molecular complexity index is 804. The summed E-state index contributed by atoms with van der Waals surface area (Å²) in [5, 5.41) is 10.5. The molecule has 1 aromatic heterocycles. The fourth-order valence-corrected chi connectivity index (χ4v) is 4.19. The number of piperidine rings is 1. The van der Waals surface area contributed by atoms with E-state index in [2.05, 4.69) is 31.7 Å². The van der Waals surface area contributed by atoms with Crippen molar-refractivity contribution in [2.24, 2.45) is 0 Å². The van der Waals surface area contributed by atoms with Crippen LogP contribution in [0, 0.1) is 0 Å². The minimum absolute atomic E-state index is 0.0735. The summed E-state index contributed by atoms with van der Waals surface area (Å²) < 4.78 is 11.2. The summed E-state index contributed by atoms with van der Waals surface area (Å²) in [4.78, 5) is 22.1. The number of benzene rings is 1. The molecule has 1 N–H and O–H groups in total. The third-order valence-electron chi connectivity index (χ3n) is 5.69. The summed E-state index contributed by atoms with van der Waals surface area (Å²) in [5.41, 5.74) is 1.00. The number of esters is 1. The average molecular weight is 383 g/mol. The Balaban J connectivity index is 1.43. The van der Waals surface area contributed by atoms with E-state index in [-0.39, 0.29) is 23.5 Å². The summed E-state index contributed by atoms with van der Waals surface area (Å²) in [6.45, 7) is 1.53. The number of carbonyl (C=O) groups is 1. The lowest BCUT2D eigenvalue weighted by atomic mass is 9.81. The van der Waals surface area contributed by atoms with Gasteiger partial charge in [0.15, 0.2) is 5.69 Å². The summed E-state index contributed by atoms with van der Waals surface area (Å²) in [6.07, 6.45) is 5.54. The van der Waals surface area contributed by atoms with Crippen molar-refractivity contribution in [3.8, 4) is 0 Å². The normalized spacial score (nSPS) is 24.1. The lowest BCUT2D eigenvalue weighted by Crippen LogP contribution is -2.51. The van der Waals surface area contributed by atoms with Gasteiger partial charge in [0.1, 0.15) is 5.82 Å². The number of rotatable bonds is 3. The zero-order chi connectivity index (χ0) is 19.6. The molecule has 0 amide bonds. The number of anilines is 1. The van der Waals surface area contributed by atoms with Gasteiger partial charge < -0.3 is 19.5 Å². The van der Waals surface area contributed by atoms with Gasteiger partial charge in [-0.1, -0.05) is 30.3 Å². The molecule has 2 aromatic rings. The smallest absolute Gasteiger partial charge is 0.358 e. The van der Waals surface area contributed by atoms with Crippen LogP contribution in [0.1, 0.15) is 47.8 Å². The third kappa shape index (κ3) is 3.86. The van der Waals surface area contributed by atoms with Gasteiger partial charge in [-0.3, -0.25) is 0 Å². The molecule has 0 radical (unpaired) electrons. The monoisotopic (exact) mass is 383 g/mol. The van der Waals surface area contributed by atoms with Gasteiger partial charge in [0, 0.05) is 25.9 Å². The SMILES string of the molecule is COC(=O)c1cnc(N2CCC3(CC2)C[C@@H](O)C[C@H](c2ccccc2)O3)cn1. The standard InChI is InChI=1S/C21H25N3O4/c1-27-20(26)17-13-23-19(14-22-17)24-9-7-21(8-10-24)12-16(25)11-18(28-21)15-5-3-2-4-6-15/h2-6,13-14,16,18,25H,7-12H2,1H3/t16-,18+/m0/s1. The Morgan fingerprint density at radius 1 is 1.21 bits per heavy atom. The second-order valence-corrected chi connectivity index (χ2v) is 7.53. The van der Waals surface area contributed by atoms with Gasteiger partial charge in [-0.05, 0) is 18.4 Å². The number of nitrogens with zero attached hydrogens (tertiary/aromatic N) is 3. The van der Waals surface area contributed by atoms with Crippen molar-refractivity contribution in [2.75, 3.05) is 25.1 Å². The predicted octanol–water partition coefficient (Wildman–Crippen LogP) is 2.51. The molecule has 0 aliphatic carbocycles. The molecule has 7 nitrogen and oxygen atoms in total. The Morgan fingerprint density at radius 3 is 2.61 bits per heavy atom. The van der Waals surface area contributed by atoms with E-state index in [4.69, 9.17) is 4.74 Å². The fourth-order valence-electron chi connectivity index (χ4n) is 4.19. The van der Waals surface area contributed by atoms with Crippen molar-refractivity contribution in [1.82, 2.24) is 9.97 Å². The van der Waals surface area contributed by atoms with E-state index in [0.29, 0.717) is 12.8 Å². The summed E-state index contributed by atoms with van der Waals surface area (Å²) in [5.74, 6) is 0.242. The first kappa shape index (κ1) is 18.8. The molecule has 1 aromatic carbocycles. The molecule has 0 unspecified atom stereocenters. The maximum atomic E-state index is 11.5. The number of methoxy groups -OCH3 is 1. The highest BCUT2D eigenvalue weighted by molar-refractivity contribution is 5.86. The van der Waals surface area contributed by atoms with Crippen molar-refractivity contribution in [3.05, 3.63) is 54.0 Å². The average Bonchev–Trinajstić information content (AvgIpc) is 2.74. The molecule has 2 atom stereocenters. The van der Waals surface area contributed by atoms with Crippen LogP contribution in [0.25, 0.3) is 0 Å². The molecule has 28 heavy (non-hydrogen) atoms. The second-order valence-electron chi connectivity index (χ2n) is 7.53. The number of aliphatic hydroxyl groups excluding tert-OH is 1. The van der Waals surface area contributed by atoms with Gasteiger partial charge in [-0.15, -0.1) is 0 Å². The van der Waals surface area contributed by atoms with E-state index in [9.17, 15) is 9.90 Å². The van der Waals surface area contributed by atoms with Crippen LogP contribution in [0.4, 0.5) is 5.82 Å². The quantitative estimate of drug-likeness (QED) is 0.815. The second kappa shape index (κ2) is 7.85. The number of carbonyl (C=O) groups excluding carboxylic acids is 1. The minimum atomic E-state index is -0.492. The summed E-state index contributed by atoms with van der Waals surface area (Å²) in [7, 11) is 1.32. The highest BCUT2D eigenvalue weighted by atomic mass is 16.5. The topological polar surface area (TPSA) is 84.8 Å². The van der Waals surface area contributed by atoms with Gasteiger partial charge in [-0.2, -0.15) is 0 Å². The molecular formula is C21H25N3O4. The largest absolute Gasteiger partial charge is 0.464 e. The first-order valence-corrected chi connectivity index (χ1v) is 9.65. The molecule has 2 fully saturated rings. The van der Waals surface area contributed by atoms with Gasteiger partial charge in [0.05, 0.1) is 37.3 Å². The van der Waals surface area contributed by atoms with E-state index < -0.39 is 5.97 Å². The molecule has 0 bridgehead atoms. The Kier molecular flexibility index (Phi) is 5.28. The molecule has 2 aliphatic heterocycles. The lowest BCUT2D eigenvalue weighted by molar-refractivity contribution is -0.173. The predicted molar refractivity (Wildman–Crippen MR) is 103 cm³/mol. The lowest BCUT2D eigenvalue weighted by Gasteiger charge is -2.48. The van der Waals surface area contributed by atoms with E-state index >= 15 is 0 Å². The highest BCUT2D eigenvalue weighted by Gasteiger charge is 2.43. The van der Waals surface area contributed by atoms with Crippen LogP contribution in [0.15, 0.2) is 42.7 Å². The number of ether oxygens (including phenoxy) is 2. The van der Waals surface area contributed by atoms with Crippen LogP contribution in [-0.4, -0.2) is 52.9 Å². The highest BCUT2D eigenvalue weighted by Crippen LogP contribution is 2.43. The van der Waals surface area contributed by atoms with Crippen LogP contribution >= 0.6 is 0 Å². The fraction of sp³-hybridized carbons (Fsp3) is 0.476. The van der Waals surface area contributed by atoms with Crippen LogP contribution in [0.3, 0.4) is 0 Å². The molecular weight excluding hydrogens is 358 g/mol. The number of hydrogen-bond acceptors (Lipinski definition) is 7.